The van der Waals surface area contributed by atoms with Gasteiger partial charge in [-0.15, -0.1) is 10.2 Å². The Bertz CT molecular complexity index is 869. The van der Waals surface area contributed by atoms with Crippen LogP contribution in [-0.4, -0.2) is 27.8 Å². The lowest BCUT2D eigenvalue weighted by Gasteiger charge is -2.12. The Labute approximate surface area is 155 Å². The Hall–Kier alpha value is -2.36. The van der Waals surface area contributed by atoms with Crippen molar-refractivity contribution in [3.05, 3.63) is 52.9 Å². The highest BCUT2D eigenvalue weighted by atomic mass is 35.5. The lowest BCUT2D eigenvalue weighted by atomic mass is 10.2. The number of anilines is 2. The molecule has 0 atom stereocenters. The minimum absolute atomic E-state index is 0.157. The van der Waals surface area contributed by atoms with Crippen molar-refractivity contribution in [1.29, 1.82) is 0 Å². The fourth-order valence-corrected chi connectivity index (χ4v) is 3.32. The molecule has 0 unspecified atom stereocenters. The molecule has 0 spiro atoms. The van der Waals surface area contributed by atoms with Crippen LogP contribution >= 0.6 is 34.7 Å². The maximum atomic E-state index is 12.1. The van der Waals surface area contributed by atoms with Gasteiger partial charge in [0, 0.05) is 5.02 Å². The molecule has 3 aromatic rings. The summed E-state index contributed by atoms with van der Waals surface area (Å²) >= 11 is 8.62. The summed E-state index contributed by atoms with van der Waals surface area (Å²) in [6, 6.07) is 7.94. The van der Waals surface area contributed by atoms with Crippen molar-refractivity contribution in [2.75, 3.05) is 16.4 Å². The van der Waals surface area contributed by atoms with Gasteiger partial charge in [0.2, 0.25) is 5.91 Å². The van der Waals surface area contributed by atoms with E-state index in [2.05, 4.69) is 20.8 Å². The van der Waals surface area contributed by atoms with E-state index in [4.69, 9.17) is 16.0 Å². The van der Waals surface area contributed by atoms with Crippen LogP contribution in [0.1, 0.15) is 10.6 Å². The topological polar surface area (TPSA) is 97.1 Å². The van der Waals surface area contributed by atoms with Crippen molar-refractivity contribution in [2.24, 2.45) is 0 Å². The summed E-state index contributed by atoms with van der Waals surface area (Å²) in [5, 5.41) is 13.4. The minimum Gasteiger partial charge on any atom is -0.459 e. The summed E-state index contributed by atoms with van der Waals surface area (Å²) < 4.78 is 5.76. The molecule has 2 N–H and O–H groups in total. The molecule has 3 rings (SSSR count). The third kappa shape index (κ3) is 4.81. The molecule has 1 aromatic carbocycles. The first-order chi connectivity index (χ1) is 12.1. The SMILES string of the molecule is O=C(CSc1nncs1)Nc1ccc(Cl)cc1NC(=O)c1ccco1. The molecule has 0 saturated heterocycles. The largest absolute Gasteiger partial charge is 0.459 e. The smallest absolute Gasteiger partial charge is 0.291 e. The molecule has 128 valence electrons. The van der Waals surface area contributed by atoms with Crippen LogP contribution in [0.4, 0.5) is 11.4 Å². The van der Waals surface area contributed by atoms with Crippen molar-refractivity contribution >= 4 is 57.9 Å². The van der Waals surface area contributed by atoms with E-state index in [1.54, 1.807) is 29.8 Å². The monoisotopic (exact) mass is 394 g/mol. The maximum Gasteiger partial charge on any atom is 0.291 e. The number of carbonyl (C=O) groups is 2. The summed E-state index contributed by atoms with van der Waals surface area (Å²) in [6.45, 7) is 0. The third-order valence-electron chi connectivity index (χ3n) is 2.92. The lowest BCUT2D eigenvalue weighted by Crippen LogP contribution is -2.17. The number of carbonyl (C=O) groups excluding carboxylic acids is 2. The van der Waals surface area contributed by atoms with Crippen LogP contribution in [0.2, 0.25) is 5.02 Å². The molecule has 0 aliphatic carbocycles. The van der Waals surface area contributed by atoms with Gasteiger partial charge in [0.15, 0.2) is 10.1 Å². The number of amides is 2. The average Bonchev–Trinajstić information content (AvgIpc) is 3.29. The molecule has 25 heavy (non-hydrogen) atoms. The number of furan rings is 1. The van der Waals surface area contributed by atoms with E-state index in [1.165, 1.54) is 35.4 Å². The van der Waals surface area contributed by atoms with Gasteiger partial charge in [-0.1, -0.05) is 34.7 Å². The van der Waals surface area contributed by atoms with Crippen LogP contribution in [0.3, 0.4) is 0 Å². The lowest BCUT2D eigenvalue weighted by molar-refractivity contribution is -0.113. The first-order valence-electron chi connectivity index (χ1n) is 6.95. The Morgan fingerprint density at radius 2 is 2.12 bits per heavy atom. The Balaban J connectivity index is 1.68. The van der Waals surface area contributed by atoms with Crippen LogP contribution in [0, 0.1) is 0 Å². The van der Waals surface area contributed by atoms with Gasteiger partial charge < -0.3 is 15.1 Å². The molecule has 0 aliphatic rings. The highest BCUT2D eigenvalue weighted by Crippen LogP contribution is 2.27. The van der Waals surface area contributed by atoms with Gasteiger partial charge in [-0.2, -0.15) is 0 Å². The second kappa shape index (κ2) is 8.15. The summed E-state index contributed by atoms with van der Waals surface area (Å²) in [7, 11) is 0. The van der Waals surface area contributed by atoms with Crippen molar-refractivity contribution < 1.29 is 14.0 Å². The Morgan fingerprint density at radius 3 is 2.84 bits per heavy atom. The number of benzene rings is 1. The van der Waals surface area contributed by atoms with Gasteiger partial charge in [-0.3, -0.25) is 9.59 Å². The van der Waals surface area contributed by atoms with Gasteiger partial charge in [-0.05, 0) is 30.3 Å². The van der Waals surface area contributed by atoms with Crippen LogP contribution < -0.4 is 10.6 Å². The van der Waals surface area contributed by atoms with Crippen LogP contribution in [0.25, 0.3) is 0 Å². The fraction of sp³-hybridized carbons (Fsp3) is 0.0667. The predicted octanol–water partition coefficient (Wildman–Crippen LogP) is 3.77. The van der Waals surface area contributed by atoms with Crippen molar-refractivity contribution in [2.45, 2.75) is 4.34 Å². The molecular formula is C15H11ClN4O3S2. The molecule has 0 bridgehead atoms. The van der Waals surface area contributed by atoms with E-state index in [0.29, 0.717) is 20.7 Å². The second-order valence-electron chi connectivity index (χ2n) is 4.66. The van der Waals surface area contributed by atoms with E-state index in [1.807, 2.05) is 0 Å². The Kier molecular flexibility index (Phi) is 5.69. The van der Waals surface area contributed by atoms with E-state index < -0.39 is 5.91 Å². The maximum absolute atomic E-state index is 12.1. The second-order valence-corrected chi connectivity index (χ2v) is 7.15. The number of hydrogen-bond acceptors (Lipinski definition) is 7. The molecule has 2 aromatic heterocycles. The number of nitrogens with zero attached hydrogens (tertiary/aromatic N) is 2. The fourth-order valence-electron chi connectivity index (χ4n) is 1.86. The van der Waals surface area contributed by atoms with Crippen LogP contribution in [-0.2, 0) is 4.79 Å². The van der Waals surface area contributed by atoms with E-state index in [-0.39, 0.29) is 17.4 Å². The number of rotatable bonds is 6. The minimum atomic E-state index is -0.439. The summed E-state index contributed by atoms with van der Waals surface area (Å²) in [5.41, 5.74) is 2.41. The van der Waals surface area contributed by atoms with Gasteiger partial charge in [0.25, 0.3) is 5.91 Å². The molecule has 0 aliphatic heterocycles. The Morgan fingerprint density at radius 1 is 1.24 bits per heavy atom. The average molecular weight is 395 g/mol. The zero-order valence-corrected chi connectivity index (χ0v) is 15.0. The molecule has 2 amide bonds. The molecule has 0 saturated carbocycles. The third-order valence-corrected chi connectivity index (χ3v) is 5.01. The van der Waals surface area contributed by atoms with Crippen molar-refractivity contribution in [1.82, 2.24) is 10.2 Å². The van der Waals surface area contributed by atoms with Crippen LogP contribution in [0.15, 0.2) is 50.9 Å². The number of nitrogens with one attached hydrogen (secondary N) is 2. The molecule has 0 fully saturated rings. The van der Waals surface area contributed by atoms with Crippen molar-refractivity contribution in [3.8, 4) is 0 Å². The summed E-state index contributed by atoms with van der Waals surface area (Å²) in [4.78, 5) is 24.2. The number of thioether (sulfide) groups is 1. The number of halogens is 1. The van der Waals surface area contributed by atoms with Gasteiger partial charge in [-0.25, -0.2) is 0 Å². The van der Waals surface area contributed by atoms with Gasteiger partial charge in [0.05, 0.1) is 23.4 Å². The predicted molar refractivity (Wildman–Crippen MR) is 97.4 cm³/mol. The molecule has 10 heteroatoms. The van der Waals surface area contributed by atoms with Crippen LogP contribution in [0.5, 0.6) is 0 Å². The summed E-state index contributed by atoms with van der Waals surface area (Å²) in [5.74, 6) is -0.352. The normalized spacial score (nSPS) is 10.4. The zero-order chi connectivity index (χ0) is 17.6. The highest BCUT2D eigenvalue weighted by molar-refractivity contribution is 8.01. The standard InChI is InChI=1S/C15H11ClN4O3S2/c16-9-3-4-10(18-13(21)7-24-15-20-17-8-25-15)11(6-9)19-14(22)12-2-1-5-23-12/h1-6,8H,7H2,(H,18,21)(H,19,22). The first-order valence-corrected chi connectivity index (χ1v) is 9.19. The molecule has 7 nitrogen and oxygen atoms in total. The quantitative estimate of drug-likeness (QED) is 0.618. The van der Waals surface area contributed by atoms with Gasteiger partial charge in [0.1, 0.15) is 5.51 Å². The van der Waals surface area contributed by atoms with E-state index in [0.717, 1.165) is 0 Å². The van der Waals surface area contributed by atoms with E-state index in [9.17, 15) is 9.59 Å². The number of hydrogen-bond donors (Lipinski definition) is 2. The first kappa shape index (κ1) is 17.5. The van der Waals surface area contributed by atoms with Crippen molar-refractivity contribution in [3.63, 3.8) is 0 Å². The van der Waals surface area contributed by atoms with Gasteiger partial charge >= 0.3 is 0 Å². The number of aromatic nitrogens is 2. The molecule has 0 radical (unpaired) electrons. The van der Waals surface area contributed by atoms with E-state index >= 15 is 0 Å². The highest BCUT2D eigenvalue weighted by Gasteiger charge is 2.14. The molecular weight excluding hydrogens is 384 g/mol. The molecule has 2 heterocycles. The zero-order valence-electron chi connectivity index (χ0n) is 12.6. The summed E-state index contributed by atoms with van der Waals surface area (Å²) in [6.07, 6.45) is 1.40.